The molecule has 0 bridgehead atoms. The van der Waals surface area contributed by atoms with Crippen molar-refractivity contribution < 1.29 is 4.42 Å². The molecule has 9 aromatic carbocycles. The van der Waals surface area contributed by atoms with Crippen LogP contribution in [0.15, 0.2) is 252 Å². The van der Waals surface area contributed by atoms with E-state index < -0.39 is 5.41 Å². The van der Waals surface area contributed by atoms with Gasteiger partial charge in [0, 0.05) is 56.3 Å². The van der Waals surface area contributed by atoms with Gasteiger partial charge in [-0.15, -0.1) is 0 Å². The molecule has 13 rings (SSSR count). The van der Waals surface area contributed by atoms with E-state index in [1.54, 1.807) is 0 Å². The fourth-order valence-corrected chi connectivity index (χ4v) is 11.1. The minimum atomic E-state index is -0.455. The van der Waals surface area contributed by atoms with E-state index in [0.717, 1.165) is 51.1 Å². The van der Waals surface area contributed by atoms with Gasteiger partial charge in [0.05, 0.1) is 16.4 Å². The average molecular weight is 819 g/mol. The van der Waals surface area contributed by atoms with Gasteiger partial charge in [0.15, 0.2) is 0 Å². The van der Waals surface area contributed by atoms with Gasteiger partial charge < -0.3 is 13.9 Å². The zero-order valence-electron chi connectivity index (χ0n) is 35.1. The summed E-state index contributed by atoms with van der Waals surface area (Å²) in [5.41, 5.74) is 17.3. The lowest BCUT2D eigenvalue weighted by Gasteiger charge is -2.38. The van der Waals surface area contributed by atoms with E-state index >= 15 is 0 Å². The SMILES string of the molecule is C1=C(N(c2ccc(-c3ccc4c(c3)c3ccccc3n4-c3ccccc3)cc2)c2ccc3c(c2)oc2ccccc23)C=C2C(C1)c1ccccc1C2(c1ccccc1)c1ccccc1. The predicted molar refractivity (Wildman–Crippen MR) is 265 cm³/mol. The first-order valence-electron chi connectivity index (χ1n) is 22.3. The number of fused-ring (bicyclic) bond motifs is 9. The van der Waals surface area contributed by atoms with Crippen LogP contribution in [-0.4, -0.2) is 4.57 Å². The highest BCUT2D eigenvalue weighted by atomic mass is 16.3. The molecule has 0 aliphatic heterocycles. The predicted octanol–water partition coefficient (Wildman–Crippen LogP) is 15.8. The van der Waals surface area contributed by atoms with E-state index in [0.29, 0.717) is 0 Å². The number of aromatic nitrogens is 1. The minimum Gasteiger partial charge on any atom is -0.456 e. The molecule has 3 nitrogen and oxygen atoms in total. The first-order chi connectivity index (χ1) is 31.7. The fourth-order valence-electron chi connectivity index (χ4n) is 11.1. The molecule has 302 valence electrons. The number of nitrogens with zero attached hydrogens (tertiary/aromatic N) is 2. The highest BCUT2D eigenvalue weighted by molar-refractivity contribution is 6.10. The summed E-state index contributed by atoms with van der Waals surface area (Å²) in [5.74, 6) is 0.241. The summed E-state index contributed by atoms with van der Waals surface area (Å²) in [7, 11) is 0. The summed E-state index contributed by atoms with van der Waals surface area (Å²) in [6.07, 6.45) is 5.84. The molecular weight excluding hydrogens is 777 g/mol. The van der Waals surface area contributed by atoms with Crippen LogP contribution in [-0.2, 0) is 5.41 Å². The molecule has 0 amide bonds. The molecule has 1 atom stereocenters. The van der Waals surface area contributed by atoms with Crippen molar-refractivity contribution in [3.05, 3.63) is 270 Å². The molecule has 2 aromatic heterocycles. The molecule has 64 heavy (non-hydrogen) atoms. The van der Waals surface area contributed by atoms with Gasteiger partial charge in [-0.1, -0.05) is 164 Å². The van der Waals surface area contributed by atoms with Crippen molar-refractivity contribution in [2.75, 3.05) is 4.90 Å². The molecule has 1 unspecified atom stereocenters. The van der Waals surface area contributed by atoms with Crippen molar-refractivity contribution in [2.24, 2.45) is 0 Å². The van der Waals surface area contributed by atoms with Crippen molar-refractivity contribution in [3.8, 4) is 16.8 Å². The molecular formula is C61H42N2O. The summed E-state index contributed by atoms with van der Waals surface area (Å²) in [6, 6.07) is 81.8. The smallest absolute Gasteiger partial charge is 0.137 e. The fraction of sp³-hybridized carbons (Fsp3) is 0.0492. The highest BCUT2D eigenvalue weighted by Crippen LogP contribution is 2.60. The largest absolute Gasteiger partial charge is 0.456 e. The number of hydrogen-bond acceptors (Lipinski definition) is 2. The molecule has 0 saturated carbocycles. The van der Waals surface area contributed by atoms with Crippen molar-refractivity contribution in [1.29, 1.82) is 0 Å². The van der Waals surface area contributed by atoms with E-state index in [-0.39, 0.29) is 5.92 Å². The van der Waals surface area contributed by atoms with E-state index in [1.165, 1.54) is 60.8 Å². The quantitative estimate of drug-likeness (QED) is 0.160. The van der Waals surface area contributed by atoms with Crippen LogP contribution < -0.4 is 4.90 Å². The Balaban J connectivity index is 0.974. The first kappa shape index (κ1) is 36.5. The molecule has 2 heterocycles. The molecule has 2 aliphatic carbocycles. The Morgan fingerprint density at radius 1 is 0.469 bits per heavy atom. The standard InChI is InChI=1S/C61H42N2O/c1-4-16-43(17-5-1)61(44-18-6-2-7-19-44)55-25-13-10-22-49(55)50-35-33-47(39-56(50)61)62(48-34-36-53-52-24-12-15-27-59(52)64-60(53)40-48)46-31-28-41(29-32-46)42-30-37-58-54(38-42)51-23-11-14-26-57(51)63(58)45-20-8-3-9-21-45/h1-34,36-40,50H,35H2. The maximum absolute atomic E-state index is 6.54. The van der Waals surface area contributed by atoms with Crippen LogP contribution in [0.4, 0.5) is 11.4 Å². The maximum Gasteiger partial charge on any atom is 0.137 e. The summed E-state index contributed by atoms with van der Waals surface area (Å²) in [4.78, 5) is 2.43. The normalized spacial score (nSPS) is 15.3. The molecule has 11 aromatic rings. The zero-order valence-corrected chi connectivity index (χ0v) is 35.1. The molecule has 2 aliphatic rings. The molecule has 0 fully saturated rings. The van der Waals surface area contributed by atoms with Crippen molar-refractivity contribution in [1.82, 2.24) is 4.57 Å². The van der Waals surface area contributed by atoms with Crippen LogP contribution in [0.25, 0.3) is 60.6 Å². The topological polar surface area (TPSA) is 21.3 Å². The Morgan fingerprint density at radius 2 is 1.08 bits per heavy atom. The van der Waals surface area contributed by atoms with Crippen LogP contribution >= 0.6 is 0 Å². The minimum absolute atomic E-state index is 0.241. The van der Waals surface area contributed by atoms with E-state index in [9.17, 15) is 0 Å². The van der Waals surface area contributed by atoms with Gasteiger partial charge in [-0.2, -0.15) is 0 Å². The highest BCUT2D eigenvalue weighted by Gasteiger charge is 2.51. The number of benzene rings is 9. The van der Waals surface area contributed by atoms with Crippen molar-refractivity contribution in [2.45, 2.75) is 17.8 Å². The van der Waals surface area contributed by atoms with Gasteiger partial charge in [-0.05, 0) is 112 Å². The average Bonchev–Trinajstić information content (AvgIpc) is 4.01. The van der Waals surface area contributed by atoms with Gasteiger partial charge in [-0.3, -0.25) is 0 Å². The third-order valence-corrected chi connectivity index (χ3v) is 13.9. The number of anilines is 2. The second kappa shape index (κ2) is 14.5. The number of hydrogen-bond donors (Lipinski definition) is 0. The molecule has 3 heteroatoms. The number of furan rings is 1. The lowest BCUT2D eigenvalue weighted by atomic mass is 9.66. The maximum atomic E-state index is 6.54. The second-order valence-electron chi connectivity index (χ2n) is 17.2. The van der Waals surface area contributed by atoms with Gasteiger partial charge in [0.1, 0.15) is 11.2 Å². The lowest BCUT2D eigenvalue weighted by Crippen LogP contribution is -2.31. The summed E-state index contributed by atoms with van der Waals surface area (Å²) >= 11 is 0. The Morgan fingerprint density at radius 3 is 1.86 bits per heavy atom. The van der Waals surface area contributed by atoms with Crippen LogP contribution in [0.5, 0.6) is 0 Å². The van der Waals surface area contributed by atoms with Gasteiger partial charge in [-0.25, -0.2) is 0 Å². The van der Waals surface area contributed by atoms with Gasteiger partial charge in [0.25, 0.3) is 0 Å². The van der Waals surface area contributed by atoms with E-state index in [2.05, 4.69) is 240 Å². The molecule has 0 radical (unpaired) electrons. The number of allylic oxidation sites excluding steroid dienone is 3. The molecule has 0 N–H and O–H groups in total. The Hall–Kier alpha value is -8.14. The van der Waals surface area contributed by atoms with Crippen LogP contribution in [0, 0.1) is 0 Å². The Kier molecular flexibility index (Phi) is 8.26. The number of rotatable bonds is 7. The lowest BCUT2D eigenvalue weighted by molar-refractivity contribution is 0.669. The van der Waals surface area contributed by atoms with E-state index in [1.807, 2.05) is 6.07 Å². The van der Waals surface area contributed by atoms with Crippen LogP contribution in [0.1, 0.15) is 34.6 Å². The summed E-state index contributed by atoms with van der Waals surface area (Å²) in [6.45, 7) is 0. The second-order valence-corrected chi connectivity index (χ2v) is 17.2. The number of para-hydroxylation sites is 3. The molecule has 0 spiro atoms. The van der Waals surface area contributed by atoms with Crippen LogP contribution in [0.2, 0.25) is 0 Å². The van der Waals surface area contributed by atoms with Crippen LogP contribution in [0.3, 0.4) is 0 Å². The monoisotopic (exact) mass is 818 g/mol. The third-order valence-electron chi connectivity index (χ3n) is 13.9. The molecule has 0 saturated heterocycles. The Bertz CT molecular complexity index is 3590. The zero-order chi connectivity index (χ0) is 42.2. The van der Waals surface area contributed by atoms with Crippen molar-refractivity contribution >= 4 is 55.1 Å². The Labute approximate surface area is 372 Å². The van der Waals surface area contributed by atoms with Crippen molar-refractivity contribution in [3.63, 3.8) is 0 Å². The summed E-state index contributed by atoms with van der Waals surface area (Å²) < 4.78 is 8.91. The van der Waals surface area contributed by atoms with Gasteiger partial charge in [0.2, 0.25) is 0 Å². The first-order valence-corrected chi connectivity index (χ1v) is 22.3. The third kappa shape index (κ3) is 5.47. The van der Waals surface area contributed by atoms with E-state index in [4.69, 9.17) is 4.42 Å². The van der Waals surface area contributed by atoms with Gasteiger partial charge >= 0.3 is 0 Å². The summed E-state index contributed by atoms with van der Waals surface area (Å²) in [5, 5.41) is 4.74.